The summed E-state index contributed by atoms with van der Waals surface area (Å²) in [6.45, 7) is 0.598. The number of rotatable bonds is 3. The van der Waals surface area contributed by atoms with Crippen LogP contribution >= 0.6 is 11.6 Å². The van der Waals surface area contributed by atoms with E-state index in [1.54, 1.807) is 18.2 Å². The van der Waals surface area contributed by atoms with Gasteiger partial charge in [0.25, 0.3) is 0 Å². The Morgan fingerprint density at radius 2 is 1.90 bits per heavy atom. The molecule has 0 unspecified atom stereocenters. The van der Waals surface area contributed by atoms with Crippen molar-refractivity contribution in [2.24, 2.45) is 5.92 Å². The lowest BCUT2D eigenvalue weighted by atomic mass is 9.99. The van der Waals surface area contributed by atoms with Gasteiger partial charge in [-0.2, -0.15) is 4.31 Å². The Hall–Kier alpha value is -1.11. The third kappa shape index (κ3) is 2.97. The quantitative estimate of drug-likeness (QED) is 0.799. The van der Waals surface area contributed by atoms with Crippen molar-refractivity contribution in [2.45, 2.75) is 17.7 Å². The molecule has 0 aliphatic carbocycles. The third-order valence-corrected chi connectivity index (χ3v) is 5.84. The molecule has 1 fully saturated rings. The molecule has 2 rings (SSSR count). The van der Waals surface area contributed by atoms with Gasteiger partial charge in [0.05, 0.1) is 18.1 Å². The molecule has 1 aromatic carbocycles. The molecule has 1 heterocycles. The predicted octanol–water partition coefficient (Wildman–Crippen LogP) is 1.91. The summed E-state index contributed by atoms with van der Waals surface area (Å²) >= 11 is 5.95. The number of ether oxygens (including phenoxy) is 1. The van der Waals surface area contributed by atoms with Crippen LogP contribution < -0.4 is 0 Å². The number of halogens is 1. The molecular formula is C13H16ClNO4S. The number of esters is 1. The molecular weight excluding hydrogens is 302 g/mol. The molecule has 0 aromatic heterocycles. The molecule has 0 radical (unpaired) electrons. The standard InChI is InChI=1S/C13H16ClNO4S/c1-19-13(16)10-6-8-15(9-7-10)20(17,18)12-5-3-2-4-11(12)14/h2-5,10H,6-9H2,1H3. The van der Waals surface area contributed by atoms with Crippen molar-refractivity contribution in [2.75, 3.05) is 20.2 Å². The first-order chi connectivity index (χ1) is 9.46. The number of hydrogen-bond acceptors (Lipinski definition) is 4. The number of sulfonamides is 1. The molecule has 0 spiro atoms. The predicted molar refractivity (Wildman–Crippen MR) is 75.0 cm³/mol. The van der Waals surface area contributed by atoms with E-state index in [1.165, 1.54) is 17.5 Å². The van der Waals surface area contributed by atoms with Gasteiger partial charge < -0.3 is 4.74 Å². The summed E-state index contributed by atoms with van der Waals surface area (Å²) < 4.78 is 31.0. The molecule has 0 atom stereocenters. The molecule has 0 N–H and O–H groups in total. The number of hydrogen-bond donors (Lipinski definition) is 0. The molecule has 1 aromatic rings. The Morgan fingerprint density at radius 1 is 1.30 bits per heavy atom. The van der Waals surface area contributed by atoms with Crippen molar-refractivity contribution in [3.63, 3.8) is 0 Å². The molecule has 1 aliphatic rings. The van der Waals surface area contributed by atoms with Crippen LogP contribution in [0.2, 0.25) is 5.02 Å². The summed E-state index contributed by atoms with van der Waals surface area (Å²) in [6.07, 6.45) is 0.937. The normalized spacial score (nSPS) is 17.9. The Kier molecular flexibility index (Phi) is 4.67. The zero-order valence-corrected chi connectivity index (χ0v) is 12.7. The molecule has 1 saturated heterocycles. The number of nitrogens with zero attached hydrogens (tertiary/aromatic N) is 1. The van der Waals surface area contributed by atoms with Crippen LogP contribution in [-0.4, -0.2) is 38.9 Å². The van der Waals surface area contributed by atoms with Crippen molar-refractivity contribution in [1.82, 2.24) is 4.31 Å². The van der Waals surface area contributed by atoms with Crippen LogP contribution in [0.15, 0.2) is 29.2 Å². The average molecular weight is 318 g/mol. The first-order valence-corrected chi connectivity index (χ1v) is 8.11. The second-order valence-corrected chi connectivity index (χ2v) is 6.95. The first kappa shape index (κ1) is 15.3. The highest BCUT2D eigenvalue weighted by molar-refractivity contribution is 7.89. The smallest absolute Gasteiger partial charge is 0.308 e. The molecule has 5 nitrogen and oxygen atoms in total. The molecule has 0 bridgehead atoms. The second-order valence-electron chi connectivity index (χ2n) is 4.63. The van der Waals surface area contributed by atoms with Crippen LogP contribution in [0.5, 0.6) is 0 Å². The molecule has 1 aliphatic heterocycles. The number of benzene rings is 1. The number of carbonyl (C=O) groups is 1. The van der Waals surface area contributed by atoms with Crippen LogP contribution in [0.4, 0.5) is 0 Å². The Bertz CT molecular complexity index is 594. The van der Waals surface area contributed by atoms with Gasteiger partial charge in [-0.15, -0.1) is 0 Å². The first-order valence-electron chi connectivity index (χ1n) is 6.29. The largest absolute Gasteiger partial charge is 0.469 e. The highest BCUT2D eigenvalue weighted by atomic mass is 35.5. The van der Waals surface area contributed by atoms with Gasteiger partial charge in [-0.1, -0.05) is 23.7 Å². The van der Waals surface area contributed by atoms with Crippen LogP contribution in [-0.2, 0) is 19.6 Å². The van der Waals surface area contributed by atoms with E-state index < -0.39 is 10.0 Å². The highest BCUT2D eigenvalue weighted by Gasteiger charge is 2.33. The maximum absolute atomic E-state index is 12.5. The van der Waals surface area contributed by atoms with E-state index in [2.05, 4.69) is 4.74 Å². The van der Waals surface area contributed by atoms with Gasteiger partial charge in [-0.05, 0) is 25.0 Å². The summed E-state index contributed by atoms with van der Waals surface area (Å²) in [5, 5.41) is 0.211. The van der Waals surface area contributed by atoms with Crippen molar-refractivity contribution in [3.8, 4) is 0 Å². The average Bonchev–Trinajstić information content (AvgIpc) is 2.47. The van der Waals surface area contributed by atoms with Crippen LogP contribution in [0.3, 0.4) is 0 Å². The van der Waals surface area contributed by atoms with E-state index in [1.807, 2.05) is 0 Å². The Morgan fingerprint density at radius 3 is 2.45 bits per heavy atom. The molecule has 110 valence electrons. The molecule has 20 heavy (non-hydrogen) atoms. The summed E-state index contributed by atoms with van der Waals surface area (Å²) in [5.41, 5.74) is 0. The topological polar surface area (TPSA) is 63.7 Å². The van der Waals surface area contributed by atoms with Gasteiger partial charge >= 0.3 is 5.97 Å². The number of carbonyl (C=O) groups excluding carboxylic acids is 1. The monoisotopic (exact) mass is 317 g/mol. The zero-order chi connectivity index (χ0) is 14.8. The number of piperidine rings is 1. The minimum atomic E-state index is -3.60. The fourth-order valence-electron chi connectivity index (χ4n) is 2.29. The third-order valence-electron chi connectivity index (χ3n) is 3.44. The lowest BCUT2D eigenvalue weighted by Crippen LogP contribution is -2.40. The molecule has 0 amide bonds. The SMILES string of the molecule is COC(=O)C1CCN(S(=O)(=O)c2ccccc2Cl)CC1. The van der Waals surface area contributed by atoms with Crippen LogP contribution in [0.1, 0.15) is 12.8 Å². The van der Waals surface area contributed by atoms with E-state index in [-0.39, 0.29) is 21.8 Å². The fraction of sp³-hybridized carbons (Fsp3) is 0.462. The Labute approximate surface area is 123 Å². The summed E-state index contributed by atoms with van der Waals surface area (Å²) in [4.78, 5) is 11.5. The maximum Gasteiger partial charge on any atom is 0.308 e. The molecule has 7 heteroatoms. The van der Waals surface area contributed by atoms with Crippen molar-refractivity contribution >= 4 is 27.6 Å². The number of methoxy groups -OCH3 is 1. The van der Waals surface area contributed by atoms with Crippen molar-refractivity contribution in [3.05, 3.63) is 29.3 Å². The summed E-state index contributed by atoms with van der Waals surface area (Å²) in [7, 11) is -2.26. The zero-order valence-electron chi connectivity index (χ0n) is 11.1. The van der Waals surface area contributed by atoms with Gasteiger partial charge in [0.1, 0.15) is 4.90 Å². The molecule has 0 saturated carbocycles. The van der Waals surface area contributed by atoms with Crippen LogP contribution in [0, 0.1) is 5.92 Å². The van der Waals surface area contributed by atoms with E-state index in [0.29, 0.717) is 25.9 Å². The van der Waals surface area contributed by atoms with E-state index >= 15 is 0 Å². The lowest BCUT2D eigenvalue weighted by molar-refractivity contribution is -0.146. The van der Waals surface area contributed by atoms with Gasteiger partial charge in [-0.3, -0.25) is 4.79 Å². The van der Waals surface area contributed by atoms with Crippen LogP contribution in [0.25, 0.3) is 0 Å². The summed E-state index contributed by atoms with van der Waals surface area (Å²) in [5.74, 6) is -0.502. The van der Waals surface area contributed by atoms with Crippen molar-refractivity contribution in [1.29, 1.82) is 0 Å². The van der Waals surface area contributed by atoms with E-state index in [4.69, 9.17) is 11.6 Å². The lowest BCUT2D eigenvalue weighted by Gasteiger charge is -2.30. The fourth-order valence-corrected chi connectivity index (χ4v) is 4.25. The van der Waals surface area contributed by atoms with Gasteiger partial charge in [0, 0.05) is 13.1 Å². The highest BCUT2D eigenvalue weighted by Crippen LogP contribution is 2.28. The minimum absolute atomic E-state index is 0.109. The van der Waals surface area contributed by atoms with Crippen molar-refractivity contribution < 1.29 is 17.9 Å². The van der Waals surface area contributed by atoms with Gasteiger partial charge in [-0.25, -0.2) is 8.42 Å². The van der Waals surface area contributed by atoms with E-state index in [9.17, 15) is 13.2 Å². The van der Waals surface area contributed by atoms with Gasteiger partial charge in [0.2, 0.25) is 10.0 Å². The summed E-state index contributed by atoms with van der Waals surface area (Å²) in [6, 6.07) is 6.37. The maximum atomic E-state index is 12.5. The minimum Gasteiger partial charge on any atom is -0.469 e. The van der Waals surface area contributed by atoms with Gasteiger partial charge in [0.15, 0.2) is 0 Å². The second kappa shape index (κ2) is 6.11. The van der Waals surface area contributed by atoms with E-state index in [0.717, 1.165) is 0 Å². The Balaban J connectivity index is 2.14.